The number of halogens is 1. The highest BCUT2D eigenvalue weighted by Gasteiger charge is 2.16. The van der Waals surface area contributed by atoms with Crippen molar-refractivity contribution in [1.29, 1.82) is 0 Å². The smallest absolute Gasteiger partial charge is 0.251 e. The molecule has 1 aromatic heterocycles. The van der Waals surface area contributed by atoms with Gasteiger partial charge in [0.2, 0.25) is 0 Å². The number of pyridine rings is 1. The van der Waals surface area contributed by atoms with Crippen LogP contribution in [0.1, 0.15) is 24.2 Å². The minimum Gasteiger partial charge on any atom is -0.348 e. The Hall–Kier alpha value is -1.61. The molecule has 0 fully saturated rings. The van der Waals surface area contributed by atoms with Crippen molar-refractivity contribution in [2.75, 3.05) is 5.88 Å². The molecular weight excluding hydrogens is 260 g/mol. The van der Waals surface area contributed by atoms with Crippen molar-refractivity contribution in [2.45, 2.75) is 19.9 Å². The quantitative estimate of drug-likeness (QED) is 0.871. The van der Waals surface area contributed by atoms with Crippen LogP contribution in [0, 0.1) is 5.92 Å². The molecule has 19 heavy (non-hydrogen) atoms. The van der Waals surface area contributed by atoms with Gasteiger partial charge in [0.15, 0.2) is 0 Å². The lowest BCUT2D eigenvalue weighted by molar-refractivity contribution is 0.0931. The monoisotopic (exact) mass is 276 g/mol. The summed E-state index contributed by atoms with van der Waals surface area (Å²) in [5.41, 5.74) is 1.52. The fraction of sp³-hybridized carbons (Fsp3) is 0.333. The van der Waals surface area contributed by atoms with Crippen molar-refractivity contribution < 1.29 is 4.79 Å². The Morgan fingerprint density at radius 3 is 2.84 bits per heavy atom. The molecule has 0 saturated carbocycles. The Morgan fingerprint density at radius 2 is 2.16 bits per heavy atom. The molecule has 100 valence electrons. The van der Waals surface area contributed by atoms with Gasteiger partial charge in [-0.15, -0.1) is 11.6 Å². The number of nitrogens with zero attached hydrogens (tertiary/aromatic N) is 1. The van der Waals surface area contributed by atoms with Crippen LogP contribution in [0.5, 0.6) is 0 Å². The Morgan fingerprint density at radius 1 is 1.37 bits per heavy atom. The lowest BCUT2D eigenvalue weighted by atomic mass is 10.1. The second kappa shape index (κ2) is 6.02. The van der Waals surface area contributed by atoms with Gasteiger partial charge in [-0.3, -0.25) is 9.78 Å². The summed E-state index contributed by atoms with van der Waals surface area (Å²) in [4.78, 5) is 16.4. The molecule has 1 heterocycles. The number of carbonyl (C=O) groups is 1. The number of fused-ring (bicyclic) bond motifs is 1. The minimum atomic E-state index is -0.0925. The highest BCUT2D eigenvalue weighted by Crippen LogP contribution is 2.14. The number of hydrogen-bond acceptors (Lipinski definition) is 2. The highest BCUT2D eigenvalue weighted by atomic mass is 35.5. The largest absolute Gasteiger partial charge is 0.348 e. The third-order valence-electron chi connectivity index (χ3n) is 3.15. The van der Waals surface area contributed by atoms with E-state index in [0.29, 0.717) is 17.4 Å². The average Bonchev–Trinajstić information content (AvgIpc) is 2.43. The number of carbonyl (C=O) groups excluding carboxylic acids is 1. The van der Waals surface area contributed by atoms with Crippen LogP contribution in [0.15, 0.2) is 36.5 Å². The van der Waals surface area contributed by atoms with E-state index in [1.54, 1.807) is 12.3 Å². The van der Waals surface area contributed by atoms with Crippen molar-refractivity contribution in [3.8, 4) is 0 Å². The van der Waals surface area contributed by atoms with E-state index in [0.717, 1.165) is 10.9 Å². The van der Waals surface area contributed by atoms with E-state index in [2.05, 4.69) is 10.3 Å². The summed E-state index contributed by atoms with van der Waals surface area (Å²) in [6.07, 6.45) is 1.74. The lowest BCUT2D eigenvalue weighted by Crippen LogP contribution is -2.39. The fourth-order valence-corrected chi connectivity index (χ4v) is 2.29. The molecular formula is C15H17ClN2O. The summed E-state index contributed by atoms with van der Waals surface area (Å²) in [5.74, 6) is 0.632. The molecule has 0 aliphatic heterocycles. The first-order valence-corrected chi connectivity index (χ1v) is 6.87. The molecule has 1 unspecified atom stereocenters. The van der Waals surface area contributed by atoms with Crippen LogP contribution in [0.4, 0.5) is 0 Å². The molecule has 3 nitrogen and oxygen atoms in total. The maximum absolute atomic E-state index is 12.2. The third-order valence-corrected chi connectivity index (χ3v) is 3.49. The number of alkyl halides is 1. The fourth-order valence-electron chi connectivity index (χ4n) is 1.85. The van der Waals surface area contributed by atoms with Crippen LogP contribution in [-0.4, -0.2) is 22.8 Å². The van der Waals surface area contributed by atoms with E-state index < -0.39 is 0 Å². The molecule has 0 aliphatic carbocycles. The first kappa shape index (κ1) is 13.8. The van der Waals surface area contributed by atoms with Crippen LogP contribution in [0.3, 0.4) is 0 Å². The molecule has 0 aliphatic rings. The van der Waals surface area contributed by atoms with Gasteiger partial charge >= 0.3 is 0 Å². The van der Waals surface area contributed by atoms with Crippen LogP contribution in [0.2, 0.25) is 0 Å². The third kappa shape index (κ3) is 3.24. The predicted octanol–water partition coefficient (Wildman–Crippen LogP) is 3.23. The predicted molar refractivity (Wildman–Crippen MR) is 78.6 cm³/mol. The van der Waals surface area contributed by atoms with Crippen molar-refractivity contribution in [3.63, 3.8) is 0 Å². The van der Waals surface area contributed by atoms with Gasteiger partial charge in [-0.1, -0.05) is 19.9 Å². The SMILES string of the molecule is CC(C)C(CCl)NC(=O)c1ccc2ncccc2c1. The Balaban J connectivity index is 2.21. The molecule has 4 heteroatoms. The van der Waals surface area contributed by atoms with Crippen LogP contribution >= 0.6 is 11.6 Å². The summed E-state index contributed by atoms with van der Waals surface area (Å²) < 4.78 is 0. The van der Waals surface area contributed by atoms with E-state index in [1.807, 2.05) is 38.1 Å². The Labute approximate surface area is 118 Å². The zero-order valence-electron chi connectivity index (χ0n) is 11.1. The van der Waals surface area contributed by atoms with Crippen LogP contribution in [0.25, 0.3) is 10.9 Å². The lowest BCUT2D eigenvalue weighted by Gasteiger charge is -2.19. The van der Waals surface area contributed by atoms with Crippen molar-refractivity contribution in [3.05, 3.63) is 42.1 Å². The summed E-state index contributed by atoms with van der Waals surface area (Å²) in [6.45, 7) is 4.08. The molecule has 2 aromatic rings. The molecule has 1 atom stereocenters. The van der Waals surface area contributed by atoms with Gasteiger partial charge in [0, 0.05) is 29.1 Å². The van der Waals surface area contributed by atoms with Gasteiger partial charge < -0.3 is 5.32 Å². The zero-order chi connectivity index (χ0) is 13.8. The highest BCUT2D eigenvalue weighted by molar-refractivity contribution is 6.18. The molecule has 1 amide bonds. The van der Waals surface area contributed by atoms with Gasteiger partial charge in [0.05, 0.1) is 5.52 Å². The molecule has 0 spiro atoms. The van der Waals surface area contributed by atoms with Crippen molar-refractivity contribution >= 4 is 28.4 Å². The van der Waals surface area contributed by atoms with E-state index in [9.17, 15) is 4.79 Å². The van der Waals surface area contributed by atoms with Gasteiger partial charge in [-0.2, -0.15) is 0 Å². The number of hydrogen-bond donors (Lipinski definition) is 1. The maximum Gasteiger partial charge on any atom is 0.251 e. The number of rotatable bonds is 4. The van der Waals surface area contributed by atoms with Crippen LogP contribution < -0.4 is 5.32 Å². The van der Waals surface area contributed by atoms with E-state index in [-0.39, 0.29) is 11.9 Å². The molecule has 1 N–H and O–H groups in total. The molecule has 0 radical (unpaired) electrons. The van der Waals surface area contributed by atoms with Crippen molar-refractivity contribution in [1.82, 2.24) is 10.3 Å². The summed E-state index contributed by atoms with van der Waals surface area (Å²) >= 11 is 5.86. The van der Waals surface area contributed by atoms with Crippen molar-refractivity contribution in [2.24, 2.45) is 5.92 Å². The molecule has 0 bridgehead atoms. The van der Waals surface area contributed by atoms with E-state index in [4.69, 9.17) is 11.6 Å². The summed E-state index contributed by atoms with van der Waals surface area (Å²) in [5, 5.41) is 3.92. The first-order valence-electron chi connectivity index (χ1n) is 6.33. The number of amides is 1. The molecule has 0 saturated heterocycles. The van der Waals surface area contributed by atoms with Gasteiger partial charge in [-0.25, -0.2) is 0 Å². The standard InChI is InChI=1S/C15H17ClN2O/c1-10(2)14(9-16)18-15(19)12-5-6-13-11(8-12)4-3-7-17-13/h3-8,10,14H,9H2,1-2H3,(H,18,19). The topological polar surface area (TPSA) is 42.0 Å². The van der Waals surface area contributed by atoms with Gasteiger partial charge in [0.1, 0.15) is 0 Å². The normalized spacial score (nSPS) is 12.6. The van der Waals surface area contributed by atoms with Gasteiger partial charge in [-0.05, 0) is 30.2 Å². The average molecular weight is 277 g/mol. The Kier molecular flexibility index (Phi) is 4.38. The summed E-state index contributed by atoms with van der Waals surface area (Å²) in [6, 6.07) is 9.29. The van der Waals surface area contributed by atoms with Crippen LogP contribution in [-0.2, 0) is 0 Å². The number of benzene rings is 1. The molecule has 1 aromatic carbocycles. The van der Waals surface area contributed by atoms with Gasteiger partial charge in [0.25, 0.3) is 5.91 Å². The van der Waals surface area contributed by atoms with E-state index >= 15 is 0 Å². The summed E-state index contributed by atoms with van der Waals surface area (Å²) in [7, 11) is 0. The second-order valence-corrected chi connectivity index (χ2v) is 5.20. The minimum absolute atomic E-state index is 0.0150. The second-order valence-electron chi connectivity index (χ2n) is 4.89. The number of aromatic nitrogens is 1. The number of nitrogens with one attached hydrogen (secondary N) is 1. The molecule has 2 rings (SSSR count). The van der Waals surface area contributed by atoms with E-state index in [1.165, 1.54) is 0 Å². The maximum atomic E-state index is 12.2. The Bertz CT molecular complexity index is 583. The zero-order valence-corrected chi connectivity index (χ0v) is 11.8. The first-order chi connectivity index (χ1) is 9.11.